The van der Waals surface area contributed by atoms with Gasteiger partial charge in [0.15, 0.2) is 12.0 Å². The fraction of sp³-hybridized carbons (Fsp3) is 0.394. The Bertz CT molecular complexity index is 1570. The minimum absolute atomic E-state index is 0.0214. The number of para-hydroxylation sites is 1. The number of amides is 2. The van der Waals surface area contributed by atoms with Gasteiger partial charge in [0.05, 0.1) is 12.3 Å². The Kier molecular flexibility index (Phi) is 8.44. The molecule has 0 N–H and O–H groups in total. The first kappa shape index (κ1) is 28.5. The lowest BCUT2D eigenvalue weighted by Crippen LogP contribution is -2.43. The molecule has 2 aliphatic heterocycles. The van der Waals surface area contributed by atoms with Crippen molar-refractivity contribution in [3.63, 3.8) is 0 Å². The molecule has 6 rings (SSSR count). The summed E-state index contributed by atoms with van der Waals surface area (Å²) < 4.78 is 19.9. The molecular weight excluding hydrogens is 546 g/mol. The highest BCUT2D eigenvalue weighted by atomic mass is 16.5. The van der Waals surface area contributed by atoms with Crippen molar-refractivity contribution >= 4 is 11.8 Å². The summed E-state index contributed by atoms with van der Waals surface area (Å²) in [5.41, 5.74) is 2.58. The van der Waals surface area contributed by atoms with Gasteiger partial charge in [-0.25, -0.2) is 9.97 Å². The Morgan fingerprint density at radius 3 is 2.53 bits per heavy atom. The third-order valence-corrected chi connectivity index (χ3v) is 7.98. The van der Waals surface area contributed by atoms with E-state index in [9.17, 15) is 9.59 Å². The molecule has 2 amide bonds. The van der Waals surface area contributed by atoms with Gasteiger partial charge in [0.25, 0.3) is 11.8 Å². The summed E-state index contributed by atoms with van der Waals surface area (Å²) in [6.45, 7) is 6.69. The van der Waals surface area contributed by atoms with Crippen molar-refractivity contribution in [2.75, 3.05) is 32.8 Å². The summed E-state index contributed by atoms with van der Waals surface area (Å²) in [7, 11) is 0. The number of carbonyl (C=O) groups excluding carboxylic acids is 2. The lowest BCUT2D eigenvalue weighted by atomic mass is 10.1. The number of fused-ring (bicyclic) bond motifs is 5. The van der Waals surface area contributed by atoms with Crippen molar-refractivity contribution in [2.45, 2.75) is 52.2 Å². The number of nitrogens with zero attached hydrogens (tertiary/aromatic N) is 5. The second kappa shape index (κ2) is 12.7. The largest absolute Gasteiger partial charge is 0.494 e. The molecule has 0 fully saturated rings. The molecule has 10 heteroatoms. The van der Waals surface area contributed by atoms with Crippen LogP contribution in [0, 0.1) is 13.8 Å². The van der Waals surface area contributed by atoms with Crippen LogP contribution in [0.3, 0.4) is 0 Å². The number of carbonyl (C=O) groups is 2. The second-order valence-electron chi connectivity index (χ2n) is 11.1. The summed E-state index contributed by atoms with van der Waals surface area (Å²) in [5.74, 6) is 2.89. The van der Waals surface area contributed by atoms with Gasteiger partial charge < -0.3 is 28.3 Å². The number of aromatic nitrogens is 3. The third kappa shape index (κ3) is 6.43. The van der Waals surface area contributed by atoms with Crippen LogP contribution in [0.4, 0.5) is 0 Å². The number of imidazole rings is 1. The van der Waals surface area contributed by atoms with Crippen molar-refractivity contribution in [1.29, 1.82) is 0 Å². The van der Waals surface area contributed by atoms with Crippen LogP contribution in [0.2, 0.25) is 0 Å². The molecule has 1 unspecified atom stereocenters. The van der Waals surface area contributed by atoms with Crippen LogP contribution in [-0.2, 0) is 17.8 Å². The molecule has 0 aliphatic carbocycles. The summed E-state index contributed by atoms with van der Waals surface area (Å²) in [6, 6.07) is 15.7. The molecule has 2 aliphatic rings. The number of oxazole rings is 1. The lowest BCUT2D eigenvalue weighted by molar-refractivity contribution is -0.138. The van der Waals surface area contributed by atoms with Gasteiger partial charge in [-0.1, -0.05) is 30.3 Å². The van der Waals surface area contributed by atoms with Crippen LogP contribution in [0.25, 0.3) is 11.4 Å². The number of aryl methyl sites for hydroxylation is 2. The van der Waals surface area contributed by atoms with Gasteiger partial charge in [-0.05, 0) is 49.9 Å². The molecule has 4 heterocycles. The van der Waals surface area contributed by atoms with Gasteiger partial charge >= 0.3 is 0 Å². The molecule has 2 aromatic heterocycles. The molecule has 10 nitrogen and oxygen atoms in total. The minimum Gasteiger partial charge on any atom is -0.494 e. The topological polar surface area (TPSA) is 103 Å². The Morgan fingerprint density at radius 1 is 0.907 bits per heavy atom. The van der Waals surface area contributed by atoms with E-state index in [1.807, 2.05) is 64.5 Å². The van der Waals surface area contributed by atoms with Crippen molar-refractivity contribution in [1.82, 2.24) is 24.3 Å². The van der Waals surface area contributed by atoms with Crippen LogP contribution in [0.5, 0.6) is 11.5 Å². The standard InChI is InChI=1S/C33H37N5O5/c1-23-30(42-24(2)35-23)33(40)37-14-5-6-15-38(32(39)29-22-25-9-3-4-12-28(25)43-29)19-18-36-17-13-34-31(36)26-10-7-11-27(21-26)41-20-8-16-37/h3-4,7,9-13,17,21,29H,5-6,8,14-16,18-20,22H2,1-2H3. The van der Waals surface area contributed by atoms with Gasteiger partial charge in [-0.2, -0.15) is 0 Å². The number of benzene rings is 2. The van der Waals surface area contributed by atoms with E-state index in [2.05, 4.69) is 14.5 Å². The number of ether oxygens (including phenoxy) is 2. The maximum absolute atomic E-state index is 13.8. The average Bonchev–Trinajstić information content (AvgIpc) is 3.74. The van der Waals surface area contributed by atoms with Crippen LogP contribution in [0.1, 0.15) is 47.0 Å². The number of rotatable bonds is 2. The second-order valence-corrected chi connectivity index (χ2v) is 11.1. The first-order valence-electron chi connectivity index (χ1n) is 15.0. The van der Waals surface area contributed by atoms with Crippen LogP contribution in [0.15, 0.2) is 65.3 Å². The van der Waals surface area contributed by atoms with E-state index in [-0.39, 0.29) is 17.6 Å². The van der Waals surface area contributed by atoms with E-state index >= 15 is 0 Å². The predicted molar refractivity (Wildman–Crippen MR) is 160 cm³/mol. The van der Waals surface area contributed by atoms with E-state index in [0.717, 1.165) is 41.3 Å². The Hall–Kier alpha value is -4.60. The third-order valence-electron chi connectivity index (χ3n) is 7.98. The minimum atomic E-state index is -0.543. The van der Waals surface area contributed by atoms with E-state index in [1.54, 1.807) is 20.0 Å². The van der Waals surface area contributed by atoms with Crippen LogP contribution < -0.4 is 9.47 Å². The normalized spacial score (nSPS) is 17.8. The molecule has 224 valence electrons. The van der Waals surface area contributed by atoms with Crippen molar-refractivity contribution in [3.05, 3.63) is 83.8 Å². The first-order chi connectivity index (χ1) is 21.0. The SMILES string of the molecule is Cc1nc(C)c(C(=O)N2CCCCN(C(=O)C3Cc4ccccc4O3)CCn3ccnc3-c3cccc(c3)OCCC2)o1. The average molecular weight is 584 g/mol. The van der Waals surface area contributed by atoms with Gasteiger partial charge in [0, 0.05) is 64.0 Å². The summed E-state index contributed by atoms with van der Waals surface area (Å²) in [6.07, 6.45) is 5.86. The molecule has 4 aromatic rings. The molecule has 0 saturated carbocycles. The monoisotopic (exact) mass is 583 g/mol. The lowest BCUT2D eigenvalue weighted by Gasteiger charge is -2.27. The molecule has 0 saturated heterocycles. The molecule has 43 heavy (non-hydrogen) atoms. The van der Waals surface area contributed by atoms with E-state index in [1.165, 1.54) is 0 Å². The van der Waals surface area contributed by atoms with E-state index in [4.69, 9.17) is 13.9 Å². The fourth-order valence-corrected chi connectivity index (χ4v) is 5.80. The Balaban J connectivity index is 1.23. The first-order valence-corrected chi connectivity index (χ1v) is 15.0. The van der Waals surface area contributed by atoms with E-state index in [0.29, 0.717) is 63.8 Å². The maximum Gasteiger partial charge on any atom is 0.291 e. The molecule has 0 spiro atoms. The van der Waals surface area contributed by atoms with Crippen molar-refractivity contribution in [3.8, 4) is 22.9 Å². The number of hydrogen-bond acceptors (Lipinski definition) is 7. The highest BCUT2D eigenvalue weighted by Crippen LogP contribution is 2.29. The van der Waals surface area contributed by atoms with Gasteiger partial charge in [-0.15, -0.1) is 0 Å². The predicted octanol–water partition coefficient (Wildman–Crippen LogP) is 4.69. The summed E-state index contributed by atoms with van der Waals surface area (Å²) in [4.78, 5) is 39.9. The summed E-state index contributed by atoms with van der Waals surface area (Å²) >= 11 is 0. The quantitative estimate of drug-likeness (QED) is 0.337. The van der Waals surface area contributed by atoms with Crippen LogP contribution in [-0.4, -0.2) is 75.0 Å². The highest BCUT2D eigenvalue weighted by molar-refractivity contribution is 5.92. The van der Waals surface area contributed by atoms with Crippen molar-refractivity contribution < 1.29 is 23.5 Å². The molecular formula is C33H37N5O5. The molecule has 0 radical (unpaired) electrons. The molecule has 2 aromatic carbocycles. The molecule has 2 bridgehead atoms. The smallest absolute Gasteiger partial charge is 0.291 e. The Labute approximate surface area is 251 Å². The maximum atomic E-state index is 13.8. The van der Waals surface area contributed by atoms with Crippen molar-refractivity contribution in [2.24, 2.45) is 0 Å². The van der Waals surface area contributed by atoms with Gasteiger partial charge in [0.1, 0.15) is 17.3 Å². The number of hydrogen-bond donors (Lipinski definition) is 0. The van der Waals surface area contributed by atoms with Gasteiger partial charge in [0.2, 0.25) is 5.76 Å². The zero-order valence-electron chi connectivity index (χ0n) is 24.7. The highest BCUT2D eigenvalue weighted by Gasteiger charge is 2.32. The molecule has 1 atom stereocenters. The Morgan fingerprint density at radius 2 is 1.72 bits per heavy atom. The van der Waals surface area contributed by atoms with Gasteiger partial charge in [-0.3, -0.25) is 9.59 Å². The summed E-state index contributed by atoms with van der Waals surface area (Å²) in [5, 5.41) is 0. The van der Waals surface area contributed by atoms with E-state index < -0.39 is 6.10 Å². The van der Waals surface area contributed by atoms with Crippen LogP contribution >= 0.6 is 0 Å². The zero-order valence-corrected chi connectivity index (χ0v) is 24.7. The zero-order chi connectivity index (χ0) is 29.8. The fourth-order valence-electron chi connectivity index (χ4n) is 5.80.